The van der Waals surface area contributed by atoms with Crippen molar-refractivity contribution in [2.24, 2.45) is 0 Å². The van der Waals surface area contributed by atoms with E-state index in [1.807, 2.05) is 36.4 Å². The average molecular weight is 225 g/mol. The predicted molar refractivity (Wildman–Crippen MR) is 67.6 cm³/mol. The molecule has 0 bridgehead atoms. The third-order valence-corrected chi connectivity index (χ3v) is 2.31. The van der Waals surface area contributed by atoms with Gasteiger partial charge in [0.25, 0.3) is 0 Å². The van der Waals surface area contributed by atoms with Crippen LogP contribution in [0.1, 0.15) is 5.56 Å². The van der Waals surface area contributed by atoms with Crippen LogP contribution in [0.25, 0.3) is 17.0 Å². The Kier molecular flexibility index (Phi) is 3.31. The standard InChI is InChI=1S/C14H11NO2/c16-14(17)8-4-1-5-11-9-10-15-13-7-3-2-6-12(11)13/h1-10H,(H,16,17)/b5-1+,8-4+. The Morgan fingerprint density at radius 3 is 2.82 bits per heavy atom. The SMILES string of the molecule is O=C(O)/C=C/C=C/c1ccnc2ccccc12. The topological polar surface area (TPSA) is 50.2 Å². The number of benzene rings is 1. The molecule has 0 unspecified atom stereocenters. The zero-order valence-corrected chi connectivity index (χ0v) is 9.08. The summed E-state index contributed by atoms with van der Waals surface area (Å²) in [5.41, 5.74) is 1.95. The summed E-state index contributed by atoms with van der Waals surface area (Å²) in [6.07, 6.45) is 7.90. The summed E-state index contributed by atoms with van der Waals surface area (Å²) >= 11 is 0. The lowest BCUT2D eigenvalue weighted by atomic mass is 10.1. The van der Waals surface area contributed by atoms with Gasteiger partial charge < -0.3 is 5.11 Å². The van der Waals surface area contributed by atoms with Crippen molar-refractivity contribution in [3.8, 4) is 0 Å². The molecule has 0 saturated heterocycles. The summed E-state index contributed by atoms with van der Waals surface area (Å²) in [6, 6.07) is 9.72. The molecule has 0 aliphatic carbocycles. The number of carboxylic acids is 1. The van der Waals surface area contributed by atoms with Gasteiger partial charge >= 0.3 is 5.97 Å². The predicted octanol–water partition coefficient (Wildman–Crippen LogP) is 2.89. The molecule has 1 heterocycles. The fourth-order valence-corrected chi connectivity index (χ4v) is 1.56. The molecule has 84 valence electrons. The van der Waals surface area contributed by atoms with Gasteiger partial charge in [-0.15, -0.1) is 0 Å². The number of hydrogen-bond acceptors (Lipinski definition) is 2. The summed E-state index contributed by atoms with van der Waals surface area (Å²) in [5, 5.41) is 9.50. The molecule has 1 N–H and O–H groups in total. The Hall–Kier alpha value is -2.42. The van der Waals surface area contributed by atoms with Gasteiger partial charge in [0.05, 0.1) is 5.52 Å². The van der Waals surface area contributed by atoms with Gasteiger partial charge in [0.15, 0.2) is 0 Å². The Bertz CT molecular complexity index is 595. The molecule has 0 spiro atoms. The van der Waals surface area contributed by atoms with Crippen LogP contribution in [0.5, 0.6) is 0 Å². The van der Waals surface area contributed by atoms with Crippen LogP contribution < -0.4 is 0 Å². The van der Waals surface area contributed by atoms with E-state index < -0.39 is 5.97 Å². The number of allylic oxidation sites excluding steroid dienone is 2. The van der Waals surface area contributed by atoms with E-state index in [2.05, 4.69) is 4.98 Å². The lowest BCUT2D eigenvalue weighted by Crippen LogP contribution is -1.84. The van der Waals surface area contributed by atoms with Gasteiger partial charge in [0.2, 0.25) is 0 Å². The number of rotatable bonds is 3. The molecule has 1 aromatic carbocycles. The van der Waals surface area contributed by atoms with Crippen molar-refractivity contribution in [1.82, 2.24) is 4.98 Å². The van der Waals surface area contributed by atoms with Gasteiger partial charge in [-0.3, -0.25) is 4.98 Å². The van der Waals surface area contributed by atoms with Gasteiger partial charge in [0, 0.05) is 17.7 Å². The number of carbonyl (C=O) groups is 1. The number of aliphatic carboxylic acids is 1. The van der Waals surface area contributed by atoms with Crippen LogP contribution in [-0.4, -0.2) is 16.1 Å². The molecule has 0 radical (unpaired) electrons. The minimum absolute atomic E-state index is 0.928. The van der Waals surface area contributed by atoms with Crippen LogP contribution in [0.2, 0.25) is 0 Å². The molecule has 0 atom stereocenters. The lowest BCUT2D eigenvalue weighted by Gasteiger charge is -1.99. The normalized spacial score (nSPS) is 11.5. The molecule has 0 aliphatic heterocycles. The maximum Gasteiger partial charge on any atom is 0.328 e. The van der Waals surface area contributed by atoms with Crippen molar-refractivity contribution in [2.75, 3.05) is 0 Å². The summed E-state index contributed by atoms with van der Waals surface area (Å²) in [7, 11) is 0. The highest BCUT2D eigenvalue weighted by molar-refractivity contribution is 5.87. The highest BCUT2D eigenvalue weighted by Gasteiger charge is 1.96. The zero-order chi connectivity index (χ0) is 12.1. The van der Waals surface area contributed by atoms with Crippen molar-refractivity contribution in [1.29, 1.82) is 0 Å². The number of aromatic nitrogens is 1. The van der Waals surface area contributed by atoms with Gasteiger partial charge in [-0.1, -0.05) is 36.4 Å². The van der Waals surface area contributed by atoms with Crippen molar-refractivity contribution in [3.63, 3.8) is 0 Å². The highest BCUT2D eigenvalue weighted by atomic mass is 16.4. The Labute approximate surface area is 98.7 Å². The summed E-state index contributed by atoms with van der Waals surface area (Å²) < 4.78 is 0. The van der Waals surface area contributed by atoms with Crippen LogP contribution in [0.15, 0.2) is 54.8 Å². The number of hydrogen-bond donors (Lipinski definition) is 1. The Morgan fingerprint density at radius 2 is 2.00 bits per heavy atom. The lowest BCUT2D eigenvalue weighted by molar-refractivity contribution is -0.131. The van der Waals surface area contributed by atoms with E-state index in [4.69, 9.17) is 5.11 Å². The van der Waals surface area contributed by atoms with E-state index >= 15 is 0 Å². The largest absolute Gasteiger partial charge is 0.478 e. The number of para-hydroxylation sites is 1. The summed E-state index contributed by atoms with van der Waals surface area (Å²) in [4.78, 5) is 14.5. The molecule has 0 amide bonds. The molecule has 0 saturated carbocycles. The summed E-state index contributed by atoms with van der Waals surface area (Å²) in [6.45, 7) is 0. The van der Waals surface area contributed by atoms with Gasteiger partial charge in [-0.25, -0.2) is 4.79 Å². The van der Waals surface area contributed by atoms with E-state index in [-0.39, 0.29) is 0 Å². The first kappa shape index (κ1) is 11.1. The molecule has 3 heteroatoms. The Morgan fingerprint density at radius 1 is 1.18 bits per heavy atom. The van der Waals surface area contributed by atoms with Gasteiger partial charge in [0.1, 0.15) is 0 Å². The molecule has 0 fully saturated rings. The maximum atomic E-state index is 10.3. The first-order valence-corrected chi connectivity index (χ1v) is 5.19. The highest BCUT2D eigenvalue weighted by Crippen LogP contribution is 2.17. The third kappa shape index (κ3) is 2.78. The van der Waals surface area contributed by atoms with E-state index in [1.54, 1.807) is 12.3 Å². The number of nitrogens with zero attached hydrogens (tertiary/aromatic N) is 1. The van der Waals surface area contributed by atoms with Crippen molar-refractivity contribution in [2.45, 2.75) is 0 Å². The van der Waals surface area contributed by atoms with Crippen molar-refractivity contribution in [3.05, 3.63) is 60.3 Å². The maximum absolute atomic E-state index is 10.3. The van der Waals surface area contributed by atoms with Crippen molar-refractivity contribution >= 4 is 22.9 Å². The zero-order valence-electron chi connectivity index (χ0n) is 9.08. The fraction of sp³-hybridized carbons (Fsp3) is 0. The molecule has 1 aromatic heterocycles. The second-order valence-electron chi connectivity index (χ2n) is 3.47. The average Bonchev–Trinajstić information content (AvgIpc) is 2.34. The minimum Gasteiger partial charge on any atom is -0.478 e. The molecule has 2 aromatic rings. The second kappa shape index (κ2) is 5.07. The quantitative estimate of drug-likeness (QED) is 0.645. The molecule has 17 heavy (non-hydrogen) atoms. The number of fused-ring (bicyclic) bond motifs is 1. The number of pyridine rings is 1. The monoisotopic (exact) mass is 225 g/mol. The number of carboxylic acid groups (broad SMARTS) is 1. The van der Waals surface area contributed by atoms with Gasteiger partial charge in [-0.2, -0.15) is 0 Å². The first-order valence-electron chi connectivity index (χ1n) is 5.19. The van der Waals surface area contributed by atoms with E-state index in [9.17, 15) is 4.79 Å². The van der Waals surface area contributed by atoms with E-state index in [0.717, 1.165) is 22.5 Å². The first-order chi connectivity index (χ1) is 8.27. The molecular weight excluding hydrogens is 214 g/mol. The van der Waals surface area contributed by atoms with E-state index in [1.165, 1.54) is 6.08 Å². The second-order valence-corrected chi connectivity index (χ2v) is 3.47. The molecule has 0 aliphatic rings. The van der Waals surface area contributed by atoms with Crippen LogP contribution in [0.3, 0.4) is 0 Å². The molecule has 3 nitrogen and oxygen atoms in total. The van der Waals surface area contributed by atoms with E-state index in [0.29, 0.717) is 0 Å². The van der Waals surface area contributed by atoms with Gasteiger partial charge in [-0.05, 0) is 17.7 Å². The smallest absolute Gasteiger partial charge is 0.328 e. The fourth-order valence-electron chi connectivity index (χ4n) is 1.56. The van der Waals surface area contributed by atoms with Crippen LogP contribution in [0, 0.1) is 0 Å². The molecular formula is C14H11NO2. The third-order valence-electron chi connectivity index (χ3n) is 2.31. The van der Waals surface area contributed by atoms with Crippen LogP contribution in [-0.2, 0) is 4.79 Å². The minimum atomic E-state index is -0.950. The molecule has 2 rings (SSSR count). The van der Waals surface area contributed by atoms with Crippen molar-refractivity contribution < 1.29 is 9.90 Å². The van der Waals surface area contributed by atoms with Crippen LogP contribution in [0.4, 0.5) is 0 Å². The Balaban J connectivity index is 2.33. The summed E-state index contributed by atoms with van der Waals surface area (Å²) in [5.74, 6) is -0.950. The van der Waals surface area contributed by atoms with Crippen LogP contribution >= 0.6 is 0 Å².